The Hall–Kier alpha value is 0.0900. The summed E-state index contributed by atoms with van der Waals surface area (Å²) in [5.41, 5.74) is -0.875. The number of aliphatic hydroxyl groups excluding tert-OH is 4. The van der Waals surface area contributed by atoms with Gasteiger partial charge in [-0.2, -0.15) is 0 Å². The lowest BCUT2D eigenvalue weighted by atomic mass is 9.79. The van der Waals surface area contributed by atoms with E-state index in [0.717, 1.165) is 12.8 Å². The van der Waals surface area contributed by atoms with Gasteiger partial charge in [-0.15, -0.1) is 12.4 Å². The quantitative estimate of drug-likeness (QED) is 0.365. The monoisotopic (exact) mass is 353 g/mol. The van der Waals surface area contributed by atoms with E-state index in [2.05, 4.69) is 12.2 Å². The summed E-state index contributed by atoms with van der Waals surface area (Å²) in [5, 5.41) is 42.2. The number of hydrogen-bond donors (Lipinski definition) is 5. The fraction of sp³-hybridized carbons (Fsp3) is 1.00. The zero-order valence-corrected chi connectivity index (χ0v) is 15.2. The number of unbranched alkanes of at least 4 members (excludes halogenated alkanes) is 8. The summed E-state index contributed by atoms with van der Waals surface area (Å²) in [4.78, 5) is 0. The molecule has 23 heavy (non-hydrogen) atoms. The molecule has 1 aliphatic rings. The zero-order chi connectivity index (χ0) is 16.4. The number of β-amino-alcohol motifs (C(OH)–C–C–N with tert-alkyl or cyclic N) is 1. The summed E-state index contributed by atoms with van der Waals surface area (Å²) in [6.45, 7) is 2.20. The normalized spacial score (nSPS) is 30.9. The van der Waals surface area contributed by atoms with Crippen LogP contribution in [0.1, 0.15) is 71.1 Å². The van der Waals surface area contributed by atoms with Crippen molar-refractivity contribution in [2.24, 2.45) is 0 Å². The molecule has 1 aliphatic heterocycles. The molecule has 0 aromatic rings. The van der Waals surface area contributed by atoms with E-state index in [1.807, 2.05) is 0 Å². The highest BCUT2D eigenvalue weighted by atomic mass is 35.5. The lowest BCUT2D eigenvalue weighted by molar-refractivity contribution is -0.135. The first-order valence-electron chi connectivity index (χ1n) is 8.97. The van der Waals surface area contributed by atoms with E-state index in [1.54, 1.807) is 0 Å². The molecule has 0 unspecified atom stereocenters. The first-order chi connectivity index (χ1) is 10.6. The molecular formula is C17H36ClNO4. The molecular weight excluding hydrogens is 318 g/mol. The molecule has 1 fully saturated rings. The van der Waals surface area contributed by atoms with Gasteiger partial charge in [-0.3, -0.25) is 0 Å². The van der Waals surface area contributed by atoms with E-state index in [4.69, 9.17) is 0 Å². The van der Waals surface area contributed by atoms with Crippen LogP contribution < -0.4 is 5.32 Å². The van der Waals surface area contributed by atoms with Crippen molar-refractivity contribution in [1.82, 2.24) is 5.32 Å². The Morgan fingerprint density at radius 3 is 1.96 bits per heavy atom. The average molecular weight is 354 g/mol. The van der Waals surface area contributed by atoms with Gasteiger partial charge in [-0.25, -0.2) is 0 Å². The highest BCUT2D eigenvalue weighted by Gasteiger charge is 2.46. The second kappa shape index (κ2) is 12.5. The Labute approximate surface area is 146 Å². The molecule has 1 heterocycles. The van der Waals surface area contributed by atoms with Crippen LogP contribution in [0.15, 0.2) is 0 Å². The SMILES string of the molecule is CCCCCCCCCCC[C@]1(CO)NC[C@H](O)[C@@H](O)[C@@H]1O.Cl. The lowest BCUT2D eigenvalue weighted by Gasteiger charge is -2.45. The van der Waals surface area contributed by atoms with E-state index in [1.165, 1.54) is 44.9 Å². The molecule has 6 heteroatoms. The summed E-state index contributed by atoms with van der Waals surface area (Å²) < 4.78 is 0. The molecule has 5 nitrogen and oxygen atoms in total. The van der Waals surface area contributed by atoms with Crippen LogP contribution in [0.25, 0.3) is 0 Å². The molecule has 5 N–H and O–H groups in total. The van der Waals surface area contributed by atoms with E-state index >= 15 is 0 Å². The first kappa shape index (κ1) is 23.1. The number of piperidine rings is 1. The van der Waals surface area contributed by atoms with Gasteiger partial charge in [0.2, 0.25) is 0 Å². The van der Waals surface area contributed by atoms with E-state index < -0.39 is 23.9 Å². The van der Waals surface area contributed by atoms with Gasteiger partial charge in [0.05, 0.1) is 18.2 Å². The Morgan fingerprint density at radius 1 is 0.913 bits per heavy atom. The molecule has 0 aromatic heterocycles. The van der Waals surface area contributed by atoms with Gasteiger partial charge in [0, 0.05) is 6.54 Å². The molecule has 0 spiro atoms. The fourth-order valence-electron chi connectivity index (χ4n) is 3.29. The highest BCUT2D eigenvalue weighted by Crippen LogP contribution is 2.26. The number of rotatable bonds is 11. The number of hydrogen-bond acceptors (Lipinski definition) is 5. The Bertz CT molecular complexity index is 296. The van der Waals surface area contributed by atoms with Crippen molar-refractivity contribution in [3.05, 3.63) is 0 Å². The maximum absolute atomic E-state index is 10.1. The Morgan fingerprint density at radius 2 is 1.43 bits per heavy atom. The van der Waals surface area contributed by atoms with Crippen LogP contribution in [0.4, 0.5) is 0 Å². The topological polar surface area (TPSA) is 93.0 Å². The molecule has 4 atom stereocenters. The Kier molecular flexibility index (Phi) is 12.5. The average Bonchev–Trinajstić information content (AvgIpc) is 2.53. The summed E-state index contributed by atoms with van der Waals surface area (Å²) in [6, 6.07) is 0. The molecule has 140 valence electrons. The van der Waals surface area contributed by atoms with E-state index in [9.17, 15) is 20.4 Å². The van der Waals surface area contributed by atoms with Gasteiger partial charge >= 0.3 is 0 Å². The van der Waals surface area contributed by atoms with Gasteiger partial charge in [-0.1, -0.05) is 64.7 Å². The molecule has 0 amide bonds. The van der Waals surface area contributed by atoms with Crippen LogP contribution in [0, 0.1) is 0 Å². The highest BCUT2D eigenvalue weighted by molar-refractivity contribution is 5.85. The predicted octanol–water partition coefficient (Wildman–Crippen LogP) is 1.75. The maximum Gasteiger partial charge on any atom is 0.109 e. The Balaban J connectivity index is 0.00000484. The smallest absolute Gasteiger partial charge is 0.109 e. The van der Waals surface area contributed by atoms with Crippen molar-refractivity contribution in [2.45, 2.75) is 95.0 Å². The maximum atomic E-state index is 10.1. The standard InChI is InChI=1S/C17H35NO4.ClH/c1-2-3-4-5-6-7-8-9-10-11-17(13-19)16(22)15(21)14(20)12-18-17;/h14-16,18-22H,2-13H2,1H3;1H/t14-,15+,16-,17+;/m0./s1. The molecule has 1 rings (SSSR count). The summed E-state index contributed by atoms with van der Waals surface area (Å²) in [6.07, 6.45) is 8.27. The minimum Gasteiger partial charge on any atom is -0.394 e. The van der Waals surface area contributed by atoms with Crippen LogP contribution >= 0.6 is 12.4 Å². The fourth-order valence-corrected chi connectivity index (χ4v) is 3.29. The summed E-state index contributed by atoms with van der Waals surface area (Å²) in [7, 11) is 0. The number of nitrogens with one attached hydrogen (secondary N) is 1. The van der Waals surface area contributed by atoms with Crippen LogP contribution in [0.5, 0.6) is 0 Å². The van der Waals surface area contributed by atoms with Crippen molar-refractivity contribution in [3.8, 4) is 0 Å². The van der Waals surface area contributed by atoms with Crippen LogP contribution in [0.2, 0.25) is 0 Å². The summed E-state index contributed by atoms with van der Waals surface area (Å²) >= 11 is 0. The van der Waals surface area contributed by atoms with E-state index in [-0.39, 0.29) is 25.6 Å². The largest absolute Gasteiger partial charge is 0.394 e. The van der Waals surface area contributed by atoms with Crippen molar-refractivity contribution < 1.29 is 20.4 Å². The minimum atomic E-state index is -1.19. The van der Waals surface area contributed by atoms with Gasteiger partial charge in [-0.05, 0) is 6.42 Å². The first-order valence-corrected chi connectivity index (χ1v) is 8.97. The number of aliphatic hydroxyl groups is 4. The third-order valence-electron chi connectivity index (χ3n) is 4.96. The third-order valence-corrected chi connectivity index (χ3v) is 4.96. The second-order valence-corrected chi connectivity index (χ2v) is 6.78. The van der Waals surface area contributed by atoms with Crippen LogP contribution in [-0.2, 0) is 0 Å². The molecule has 0 aliphatic carbocycles. The van der Waals surface area contributed by atoms with Crippen molar-refractivity contribution in [2.75, 3.05) is 13.2 Å². The summed E-state index contributed by atoms with van der Waals surface area (Å²) in [5.74, 6) is 0. The van der Waals surface area contributed by atoms with Crippen LogP contribution in [0.3, 0.4) is 0 Å². The lowest BCUT2D eigenvalue weighted by Crippen LogP contribution is -2.69. The molecule has 0 bridgehead atoms. The van der Waals surface area contributed by atoms with Crippen molar-refractivity contribution in [3.63, 3.8) is 0 Å². The second-order valence-electron chi connectivity index (χ2n) is 6.78. The number of halogens is 1. The predicted molar refractivity (Wildman–Crippen MR) is 94.9 cm³/mol. The van der Waals surface area contributed by atoms with Gasteiger partial charge < -0.3 is 25.7 Å². The molecule has 1 saturated heterocycles. The molecule has 0 saturated carbocycles. The van der Waals surface area contributed by atoms with Gasteiger partial charge in [0.25, 0.3) is 0 Å². The van der Waals surface area contributed by atoms with Crippen LogP contribution in [-0.4, -0.2) is 57.4 Å². The van der Waals surface area contributed by atoms with Crippen molar-refractivity contribution >= 4 is 12.4 Å². The molecule has 0 radical (unpaired) electrons. The third kappa shape index (κ3) is 7.24. The zero-order valence-electron chi connectivity index (χ0n) is 14.4. The van der Waals surface area contributed by atoms with Gasteiger partial charge in [0.15, 0.2) is 0 Å². The van der Waals surface area contributed by atoms with E-state index in [0.29, 0.717) is 6.42 Å². The van der Waals surface area contributed by atoms with Crippen molar-refractivity contribution in [1.29, 1.82) is 0 Å². The minimum absolute atomic E-state index is 0. The van der Waals surface area contributed by atoms with Gasteiger partial charge in [0.1, 0.15) is 12.2 Å². The molecule has 0 aromatic carbocycles.